The zero-order chi connectivity index (χ0) is 14.7. The molecule has 21 heavy (non-hydrogen) atoms. The lowest BCUT2D eigenvalue weighted by Gasteiger charge is -2.19. The number of hydrogen-bond donors (Lipinski definition) is 2. The number of nitrogens with zero attached hydrogens (tertiary/aromatic N) is 1. The average molecular weight is 281 g/mol. The summed E-state index contributed by atoms with van der Waals surface area (Å²) >= 11 is 0. The zero-order valence-corrected chi connectivity index (χ0v) is 11.9. The fourth-order valence-corrected chi connectivity index (χ4v) is 2.68. The first-order valence-corrected chi connectivity index (χ1v) is 7.20. The highest BCUT2D eigenvalue weighted by atomic mass is 16.1. The lowest BCUT2D eigenvalue weighted by molar-refractivity contribution is 0.0954. The third-order valence-electron chi connectivity index (χ3n) is 3.82. The standard InChI is InChI=1S/C17H19N3O/c18-15-7-5-14(6-8-15)17(21)19-10-12-20-11-9-13-3-1-2-4-16(13)20/h1-8H,9-12,18H2,(H,19,21). The monoisotopic (exact) mass is 281 g/mol. The van der Waals surface area contributed by atoms with Crippen molar-refractivity contribution in [2.45, 2.75) is 6.42 Å². The molecule has 0 aliphatic carbocycles. The van der Waals surface area contributed by atoms with Crippen molar-refractivity contribution in [1.82, 2.24) is 5.32 Å². The van der Waals surface area contributed by atoms with Gasteiger partial charge in [-0.2, -0.15) is 0 Å². The van der Waals surface area contributed by atoms with Crippen molar-refractivity contribution in [3.05, 3.63) is 59.7 Å². The van der Waals surface area contributed by atoms with Crippen LogP contribution in [0.3, 0.4) is 0 Å². The predicted octanol–water partition coefficient (Wildman–Crippen LogP) is 2.06. The second kappa shape index (κ2) is 5.87. The molecule has 0 bridgehead atoms. The summed E-state index contributed by atoms with van der Waals surface area (Å²) in [6.45, 7) is 2.49. The fourth-order valence-electron chi connectivity index (χ4n) is 2.68. The van der Waals surface area contributed by atoms with E-state index in [-0.39, 0.29) is 5.91 Å². The van der Waals surface area contributed by atoms with Crippen LogP contribution in [0.4, 0.5) is 11.4 Å². The Morgan fingerprint density at radius 2 is 1.90 bits per heavy atom. The molecule has 0 spiro atoms. The minimum Gasteiger partial charge on any atom is -0.399 e. The van der Waals surface area contributed by atoms with Crippen LogP contribution in [0.2, 0.25) is 0 Å². The summed E-state index contributed by atoms with van der Waals surface area (Å²) in [6.07, 6.45) is 1.09. The van der Waals surface area contributed by atoms with Gasteiger partial charge in [0, 0.05) is 36.6 Å². The number of amides is 1. The van der Waals surface area contributed by atoms with Gasteiger partial charge in [0.05, 0.1) is 0 Å². The van der Waals surface area contributed by atoms with Crippen LogP contribution in [0.15, 0.2) is 48.5 Å². The van der Waals surface area contributed by atoms with Gasteiger partial charge in [-0.1, -0.05) is 18.2 Å². The number of hydrogen-bond acceptors (Lipinski definition) is 3. The van der Waals surface area contributed by atoms with Gasteiger partial charge in [0.2, 0.25) is 0 Å². The molecule has 3 N–H and O–H groups in total. The molecule has 1 amide bonds. The molecule has 1 heterocycles. The summed E-state index contributed by atoms with van der Waals surface area (Å²) in [5, 5.41) is 2.95. The Balaban J connectivity index is 1.53. The first-order chi connectivity index (χ1) is 10.2. The fraction of sp³-hybridized carbons (Fsp3) is 0.235. The van der Waals surface area contributed by atoms with Gasteiger partial charge in [-0.25, -0.2) is 0 Å². The minimum atomic E-state index is -0.0533. The molecular weight excluding hydrogens is 262 g/mol. The van der Waals surface area contributed by atoms with E-state index in [0.717, 1.165) is 19.5 Å². The molecule has 0 aromatic heterocycles. The Labute approximate surface area is 124 Å². The highest BCUT2D eigenvalue weighted by Gasteiger charge is 2.17. The number of carbonyl (C=O) groups is 1. The summed E-state index contributed by atoms with van der Waals surface area (Å²) in [5.74, 6) is -0.0533. The van der Waals surface area contributed by atoms with Crippen LogP contribution in [-0.2, 0) is 6.42 Å². The molecule has 1 aliphatic heterocycles. The molecule has 3 rings (SSSR count). The molecule has 0 atom stereocenters. The van der Waals surface area contributed by atoms with E-state index in [1.165, 1.54) is 11.3 Å². The quantitative estimate of drug-likeness (QED) is 0.843. The van der Waals surface area contributed by atoms with Crippen LogP contribution in [0, 0.1) is 0 Å². The number of nitrogens with one attached hydrogen (secondary N) is 1. The van der Waals surface area contributed by atoms with Gasteiger partial charge in [0.15, 0.2) is 0 Å². The molecule has 4 nitrogen and oxygen atoms in total. The van der Waals surface area contributed by atoms with Crippen LogP contribution < -0.4 is 16.0 Å². The highest BCUT2D eigenvalue weighted by Crippen LogP contribution is 2.26. The smallest absolute Gasteiger partial charge is 0.251 e. The van der Waals surface area contributed by atoms with Crippen LogP contribution in [-0.4, -0.2) is 25.5 Å². The van der Waals surface area contributed by atoms with E-state index in [2.05, 4.69) is 34.5 Å². The highest BCUT2D eigenvalue weighted by molar-refractivity contribution is 5.94. The third kappa shape index (κ3) is 2.99. The number of anilines is 2. The lowest BCUT2D eigenvalue weighted by Crippen LogP contribution is -2.34. The number of benzene rings is 2. The van der Waals surface area contributed by atoms with Crippen molar-refractivity contribution in [3.8, 4) is 0 Å². The summed E-state index contributed by atoms with van der Waals surface area (Å²) in [4.78, 5) is 14.3. The Bertz CT molecular complexity index is 637. The third-order valence-corrected chi connectivity index (χ3v) is 3.82. The molecule has 0 saturated heterocycles. The first-order valence-electron chi connectivity index (χ1n) is 7.20. The maximum atomic E-state index is 12.0. The number of para-hydroxylation sites is 1. The van der Waals surface area contributed by atoms with Gasteiger partial charge in [0.25, 0.3) is 5.91 Å². The normalized spacial score (nSPS) is 13.0. The zero-order valence-electron chi connectivity index (χ0n) is 11.9. The van der Waals surface area contributed by atoms with Crippen molar-refractivity contribution in [2.75, 3.05) is 30.3 Å². The van der Waals surface area contributed by atoms with Crippen LogP contribution in [0.5, 0.6) is 0 Å². The Morgan fingerprint density at radius 1 is 1.14 bits per heavy atom. The summed E-state index contributed by atoms with van der Waals surface area (Å²) in [6, 6.07) is 15.4. The second-order valence-corrected chi connectivity index (χ2v) is 5.24. The van der Waals surface area contributed by atoms with Crippen LogP contribution in [0.1, 0.15) is 15.9 Å². The van der Waals surface area contributed by atoms with Gasteiger partial charge in [-0.3, -0.25) is 4.79 Å². The van der Waals surface area contributed by atoms with E-state index < -0.39 is 0 Å². The molecule has 0 fully saturated rings. The Morgan fingerprint density at radius 3 is 2.71 bits per heavy atom. The van der Waals surface area contributed by atoms with E-state index in [4.69, 9.17) is 5.73 Å². The average Bonchev–Trinajstić information content (AvgIpc) is 2.91. The van der Waals surface area contributed by atoms with E-state index in [1.807, 2.05) is 0 Å². The van der Waals surface area contributed by atoms with E-state index >= 15 is 0 Å². The topological polar surface area (TPSA) is 58.4 Å². The number of rotatable bonds is 4. The van der Waals surface area contributed by atoms with Gasteiger partial charge >= 0.3 is 0 Å². The molecule has 2 aromatic rings. The summed E-state index contributed by atoms with van der Waals surface area (Å²) in [5.41, 5.74) is 9.61. The van der Waals surface area contributed by atoms with Crippen molar-refractivity contribution in [1.29, 1.82) is 0 Å². The number of carbonyl (C=O) groups excluding carboxylic acids is 1. The first kappa shape index (κ1) is 13.5. The largest absolute Gasteiger partial charge is 0.399 e. The van der Waals surface area contributed by atoms with Crippen LogP contribution in [0.25, 0.3) is 0 Å². The molecule has 2 aromatic carbocycles. The molecule has 4 heteroatoms. The van der Waals surface area contributed by atoms with E-state index in [9.17, 15) is 4.79 Å². The van der Waals surface area contributed by atoms with E-state index in [0.29, 0.717) is 17.8 Å². The summed E-state index contributed by atoms with van der Waals surface area (Å²) in [7, 11) is 0. The molecule has 0 radical (unpaired) electrons. The van der Waals surface area contributed by atoms with Crippen LogP contribution >= 0.6 is 0 Å². The maximum Gasteiger partial charge on any atom is 0.251 e. The van der Waals surface area contributed by atoms with Crippen molar-refractivity contribution in [3.63, 3.8) is 0 Å². The van der Waals surface area contributed by atoms with E-state index in [1.54, 1.807) is 24.3 Å². The van der Waals surface area contributed by atoms with Crippen molar-refractivity contribution >= 4 is 17.3 Å². The number of nitrogen functional groups attached to an aromatic ring is 1. The Hall–Kier alpha value is -2.49. The predicted molar refractivity (Wildman–Crippen MR) is 85.5 cm³/mol. The lowest BCUT2D eigenvalue weighted by atomic mass is 10.2. The van der Waals surface area contributed by atoms with Gasteiger partial charge in [-0.15, -0.1) is 0 Å². The van der Waals surface area contributed by atoms with Gasteiger partial charge in [0.1, 0.15) is 0 Å². The maximum absolute atomic E-state index is 12.0. The molecule has 108 valence electrons. The molecule has 0 unspecified atom stereocenters. The molecular formula is C17H19N3O. The molecule has 0 saturated carbocycles. The van der Waals surface area contributed by atoms with Gasteiger partial charge in [-0.05, 0) is 42.3 Å². The number of nitrogens with two attached hydrogens (primary N) is 1. The number of fused-ring (bicyclic) bond motifs is 1. The Kier molecular flexibility index (Phi) is 3.77. The van der Waals surface area contributed by atoms with Crippen molar-refractivity contribution < 1.29 is 4.79 Å². The summed E-state index contributed by atoms with van der Waals surface area (Å²) < 4.78 is 0. The van der Waals surface area contributed by atoms with Crippen molar-refractivity contribution in [2.24, 2.45) is 0 Å². The molecule has 1 aliphatic rings. The second-order valence-electron chi connectivity index (χ2n) is 5.24. The van der Waals surface area contributed by atoms with Gasteiger partial charge < -0.3 is 16.0 Å². The minimum absolute atomic E-state index is 0.0533. The SMILES string of the molecule is Nc1ccc(C(=O)NCCN2CCc3ccccc32)cc1.